The summed E-state index contributed by atoms with van der Waals surface area (Å²) >= 11 is 5.70. The van der Waals surface area contributed by atoms with Crippen LogP contribution < -0.4 is 5.32 Å². The first-order valence-electron chi connectivity index (χ1n) is 5.70. The first-order valence-corrected chi connectivity index (χ1v) is 6.23. The Kier molecular flexibility index (Phi) is 6.08. The fourth-order valence-corrected chi connectivity index (χ4v) is 1.64. The van der Waals surface area contributed by atoms with Crippen molar-refractivity contribution in [3.8, 4) is 0 Å². The predicted molar refractivity (Wildman–Crippen MR) is 66.4 cm³/mol. The molecule has 0 aliphatic heterocycles. The number of carbonyl (C=O) groups is 1. The molecule has 1 aromatic heterocycles. The van der Waals surface area contributed by atoms with Gasteiger partial charge in [-0.3, -0.25) is 4.79 Å². The number of halogens is 1. The van der Waals surface area contributed by atoms with Gasteiger partial charge < -0.3 is 14.5 Å². The fourth-order valence-electron chi connectivity index (χ4n) is 1.37. The first-order chi connectivity index (χ1) is 8.19. The highest BCUT2D eigenvalue weighted by molar-refractivity contribution is 6.17. The van der Waals surface area contributed by atoms with Crippen molar-refractivity contribution in [1.29, 1.82) is 0 Å². The minimum Gasteiger partial charge on any atom is -0.456 e. The average molecular weight is 260 g/mol. The molecule has 0 aliphatic carbocycles. The van der Waals surface area contributed by atoms with Gasteiger partial charge in [0.15, 0.2) is 5.76 Å². The second kappa shape index (κ2) is 7.35. The Bertz CT molecular complexity index is 363. The van der Waals surface area contributed by atoms with E-state index < -0.39 is 0 Å². The summed E-state index contributed by atoms with van der Waals surface area (Å²) in [5, 5.41) is 2.77. The molecule has 0 spiro atoms. The summed E-state index contributed by atoms with van der Waals surface area (Å²) in [6.45, 7) is 5.67. The molecular weight excluding hydrogens is 242 g/mol. The third-order valence-electron chi connectivity index (χ3n) is 2.34. The summed E-state index contributed by atoms with van der Waals surface area (Å²) in [6.07, 6.45) is 0.793. The van der Waals surface area contributed by atoms with Gasteiger partial charge in [-0.25, -0.2) is 0 Å². The van der Waals surface area contributed by atoms with Gasteiger partial charge in [0, 0.05) is 25.3 Å². The number of rotatable bonds is 7. The second-order valence-corrected chi connectivity index (χ2v) is 3.90. The van der Waals surface area contributed by atoms with Gasteiger partial charge in [-0.15, -0.1) is 11.6 Å². The minimum atomic E-state index is -0.207. The SMILES string of the molecule is CCOCCCNC(=O)c1cc(CCl)c(C)o1. The van der Waals surface area contributed by atoms with Crippen molar-refractivity contribution in [2.45, 2.75) is 26.1 Å². The quantitative estimate of drug-likeness (QED) is 0.605. The molecule has 1 N–H and O–H groups in total. The van der Waals surface area contributed by atoms with Crippen molar-refractivity contribution in [1.82, 2.24) is 5.32 Å². The Morgan fingerprint density at radius 1 is 1.59 bits per heavy atom. The normalized spacial score (nSPS) is 10.5. The number of furan rings is 1. The van der Waals surface area contributed by atoms with Gasteiger partial charge in [-0.1, -0.05) is 0 Å². The summed E-state index contributed by atoms with van der Waals surface area (Å²) in [5.74, 6) is 1.16. The number of carbonyl (C=O) groups excluding carboxylic acids is 1. The molecule has 0 radical (unpaired) electrons. The summed E-state index contributed by atoms with van der Waals surface area (Å²) < 4.78 is 10.5. The molecule has 1 aromatic rings. The van der Waals surface area contributed by atoms with E-state index in [2.05, 4.69) is 5.32 Å². The van der Waals surface area contributed by atoms with Crippen LogP contribution in [-0.4, -0.2) is 25.7 Å². The van der Waals surface area contributed by atoms with Crippen molar-refractivity contribution in [2.75, 3.05) is 19.8 Å². The third kappa shape index (κ3) is 4.40. The van der Waals surface area contributed by atoms with Crippen LogP contribution in [0, 0.1) is 6.92 Å². The fraction of sp³-hybridized carbons (Fsp3) is 0.583. The van der Waals surface area contributed by atoms with Crippen LogP contribution in [0.25, 0.3) is 0 Å². The lowest BCUT2D eigenvalue weighted by Gasteiger charge is -2.03. The standard InChI is InChI=1S/C12H18ClNO3/c1-3-16-6-4-5-14-12(15)11-7-10(8-13)9(2)17-11/h7H,3-6,8H2,1-2H3,(H,14,15). The summed E-state index contributed by atoms with van der Waals surface area (Å²) in [7, 11) is 0. The zero-order chi connectivity index (χ0) is 12.7. The van der Waals surface area contributed by atoms with E-state index in [0.717, 1.165) is 12.0 Å². The number of aryl methyl sites for hydroxylation is 1. The summed E-state index contributed by atoms with van der Waals surface area (Å²) in [5.41, 5.74) is 0.853. The van der Waals surface area contributed by atoms with Crippen LogP contribution in [0.2, 0.25) is 0 Å². The topological polar surface area (TPSA) is 51.5 Å². The Labute approximate surface area is 106 Å². The van der Waals surface area contributed by atoms with E-state index in [1.165, 1.54) is 0 Å². The third-order valence-corrected chi connectivity index (χ3v) is 2.63. The largest absolute Gasteiger partial charge is 0.456 e. The van der Waals surface area contributed by atoms with Crippen LogP contribution in [0.4, 0.5) is 0 Å². The van der Waals surface area contributed by atoms with Crippen LogP contribution in [-0.2, 0) is 10.6 Å². The van der Waals surface area contributed by atoms with Crippen LogP contribution in [0.15, 0.2) is 10.5 Å². The Balaban J connectivity index is 2.36. The van der Waals surface area contributed by atoms with Gasteiger partial charge in [0.25, 0.3) is 5.91 Å². The first kappa shape index (κ1) is 14.1. The zero-order valence-electron chi connectivity index (χ0n) is 10.2. The lowest BCUT2D eigenvalue weighted by molar-refractivity contribution is 0.0915. The smallest absolute Gasteiger partial charge is 0.287 e. The molecule has 0 saturated carbocycles. The van der Waals surface area contributed by atoms with Gasteiger partial charge in [0.2, 0.25) is 0 Å². The molecule has 0 saturated heterocycles. The van der Waals surface area contributed by atoms with Crippen LogP contribution in [0.1, 0.15) is 35.2 Å². The average Bonchev–Trinajstić information content (AvgIpc) is 2.70. The van der Waals surface area contributed by atoms with Gasteiger partial charge in [-0.05, 0) is 26.3 Å². The van der Waals surface area contributed by atoms with Crippen molar-refractivity contribution < 1.29 is 13.9 Å². The highest BCUT2D eigenvalue weighted by atomic mass is 35.5. The molecule has 0 bridgehead atoms. The predicted octanol–water partition coefficient (Wildman–Crippen LogP) is 2.48. The van der Waals surface area contributed by atoms with E-state index in [1.807, 2.05) is 6.92 Å². The van der Waals surface area contributed by atoms with Crippen molar-refractivity contribution in [2.24, 2.45) is 0 Å². The Morgan fingerprint density at radius 2 is 2.35 bits per heavy atom. The monoisotopic (exact) mass is 259 g/mol. The molecule has 1 rings (SSSR count). The molecule has 0 fully saturated rings. The van der Waals surface area contributed by atoms with E-state index in [1.54, 1.807) is 13.0 Å². The number of ether oxygens (including phenoxy) is 1. The number of hydrogen-bond acceptors (Lipinski definition) is 3. The lowest BCUT2D eigenvalue weighted by Crippen LogP contribution is -2.24. The molecule has 1 amide bonds. The molecule has 5 heteroatoms. The molecule has 0 unspecified atom stereocenters. The molecule has 0 atom stereocenters. The van der Waals surface area contributed by atoms with Crippen LogP contribution in [0.5, 0.6) is 0 Å². The molecule has 0 aliphatic rings. The van der Waals surface area contributed by atoms with Gasteiger partial charge >= 0.3 is 0 Å². The lowest BCUT2D eigenvalue weighted by atomic mass is 10.3. The Hall–Kier alpha value is -1.00. The zero-order valence-corrected chi connectivity index (χ0v) is 11.0. The number of alkyl halides is 1. The van der Waals surface area contributed by atoms with E-state index in [0.29, 0.717) is 37.2 Å². The molecule has 1 heterocycles. The Morgan fingerprint density at radius 3 is 2.94 bits per heavy atom. The van der Waals surface area contributed by atoms with E-state index in [9.17, 15) is 4.79 Å². The van der Waals surface area contributed by atoms with Gasteiger partial charge in [0.05, 0.1) is 5.88 Å². The van der Waals surface area contributed by atoms with Crippen molar-refractivity contribution in [3.63, 3.8) is 0 Å². The van der Waals surface area contributed by atoms with E-state index >= 15 is 0 Å². The second-order valence-electron chi connectivity index (χ2n) is 3.63. The van der Waals surface area contributed by atoms with Gasteiger partial charge in [0.1, 0.15) is 5.76 Å². The van der Waals surface area contributed by atoms with Crippen LogP contribution in [0.3, 0.4) is 0 Å². The number of amides is 1. The van der Waals surface area contributed by atoms with Gasteiger partial charge in [-0.2, -0.15) is 0 Å². The number of hydrogen-bond donors (Lipinski definition) is 1. The summed E-state index contributed by atoms with van der Waals surface area (Å²) in [6, 6.07) is 1.68. The maximum Gasteiger partial charge on any atom is 0.287 e. The maximum absolute atomic E-state index is 11.7. The minimum absolute atomic E-state index is 0.207. The highest BCUT2D eigenvalue weighted by Gasteiger charge is 2.13. The summed E-state index contributed by atoms with van der Waals surface area (Å²) in [4.78, 5) is 11.7. The molecular formula is C12H18ClNO3. The maximum atomic E-state index is 11.7. The van der Waals surface area contributed by atoms with Crippen LogP contribution >= 0.6 is 11.6 Å². The number of nitrogens with one attached hydrogen (secondary N) is 1. The molecule has 0 aromatic carbocycles. The molecule has 4 nitrogen and oxygen atoms in total. The molecule has 17 heavy (non-hydrogen) atoms. The molecule has 96 valence electrons. The highest BCUT2D eigenvalue weighted by Crippen LogP contribution is 2.16. The van der Waals surface area contributed by atoms with E-state index in [4.69, 9.17) is 20.8 Å². The van der Waals surface area contributed by atoms with Crippen molar-refractivity contribution >= 4 is 17.5 Å². The van der Waals surface area contributed by atoms with E-state index in [-0.39, 0.29) is 5.91 Å². The van der Waals surface area contributed by atoms with Crippen molar-refractivity contribution in [3.05, 3.63) is 23.2 Å².